The lowest BCUT2D eigenvalue weighted by Crippen LogP contribution is -2.14. The number of hydrogen-bond acceptors (Lipinski definition) is 3. The van der Waals surface area contributed by atoms with E-state index in [4.69, 9.17) is 4.74 Å². The van der Waals surface area contributed by atoms with Crippen molar-refractivity contribution in [3.05, 3.63) is 58.4 Å². The van der Waals surface area contributed by atoms with Crippen molar-refractivity contribution in [2.24, 2.45) is 0 Å². The summed E-state index contributed by atoms with van der Waals surface area (Å²) in [4.78, 5) is 12.3. The van der Waals surface area contributed by atoms with E-state index in [2.05, 4.69) is 5.32 Å². The molecule has 0 saturated heterocycles. The summed E-state index contributed by atoms with van der Waals surface area (Å²) >= 11 is 0. The first-order chi connectivity index (χ1) is 12.4. The lowest BCUT2D eigenvalue weighted by molar-refractivity contribution is -0.112. The number of anilines is 1. The van der Waals surface area contributed by atoms with E-state index in [1.807, 2.05) is 30.6 Å². The molecular formula is C19H19F2N3O2. The van der Waals surface area contributed by atoms with E-state index in [1.54, 1.807) is 7.11 Å². The van der Waals surface area contributed by atoms with E-state index >= 15 is 0 Å². The van der Waals surface area contributed by atoms with Gasteiger partial charge < -0.3 is 14.6 Å². The Bertz CT molecular complexity index is 895. The molecule has 0 aliphatic heterocycles. The van der Waals surface area contributed by atoms with Gasteiger partial charge >= 0.3 is 0 Å². The van der Waals surface area contributed by atoms with Gasteiger partial charge in [-0.05, 0) is 43.7 Å². The molecule has 0 spiro atoms. The highest BCUT2D eigenvalue weighted by atomic mass is 19.1. The van der Waals surface area contributed by atoms with Crippen LogP contribution in [-0.4, -0.2) is 24.2 Å². The molecule has 7 heteroatoms. The van der Waals surface area contributed by atoms with Gasteiger partial charge in [-0.1, -0.05) is 0 Å². The van der Waals surface area contributed by atoms with Crippen LogP contribution in [0.4, 0.5) is 14.5 Å². The van der Waals surface area contributed by atoms with Crippen molar-refractivity contribution in [2.45, 2.75) is 20.4 Å². The van der Waals surface area contributed by atoms with Crippen LogP contribution in [0.5, 0.6) is 0 Å². The van der Waals surface area contributed by atoms with Gasteiger partial charge in [0.15, 0.2) is 0 Å². The van der Waals surface area contributed by atoms with Crippen LogP contribution in [-0.2, 0) is 16.1 Å². The molecule has 0 unspecified atom stereocenters. The molecule has 0 saturated carbocycles. The van der Waals surface area contributed by atoms with E-state index in [0.29, 0.717) is 24.8 Å². The van der Waals surface area contributed by atoms with Gasteiger partial charge in [0.05, 0.1) is 12.3 Å². The molecule has 1 heterocycles. The largest absolute Gasteiger partial charge is 0.383 e. The monoisotopic (exact) mass is 359 g/mol. The number of carbonyl (C=O) groups excluding carboxylic acids is 1. The molecule has 0 aliphatic rings. The summed E-state index contributed by atoms with van der Waals surface area (Å²) < 4.78 is 33.7. The minimum Gasteiger partial charge on any atom is -0.383 e. The SMILES string of the molecule is COCCn1c(C)cc(/C=C(\C#N)C(=O)Nc2ccc(F)cc2F)c1C. The van der Waals surface area contributed by atoms with Crippen molar-refractivity contribution in [1.82, 2.24) is 4.57 Å². The minimum atomic E-state index is -0.909. The first-order valence-corrected chi connectivity index (χ1v) is 7.91. The molecule has 0 radical (unpaired) electrons. The van der Waals surface area contributed by atoms with Crippen LogP contribution in [0, 0.1) is 36.8 Å². The zero-order chi connectivity index (χ0) is 19.3. The molecule has 26 heavy (non-hydrogen) atoms. The topological polar surface area (TPSA) is 67.0 Å². The summed E-state index contributed by atoms with van der Waals surface area (Å²) in [5.41, 5.74) is 2.19. The minimum absolute atomic E-state index is 0.180. The zero-order valence-corrected chi connectivity index (χ0v) is 14.8. The van der Waals surface area contributed by atoms with Gasteiger partial charge in [-0.15, -0.1) is 0 Å². The molecule has 5 nitrogen and oxygen atoms in total. The van der Waals surface area contributed by atoms with E-state index in [1.165, 1.54) is 6.08 Å². The van der Waals surface area contributed by atoms with Crippen molar-refractivity contribution < 1.29 is 18.3 Å². The number of aryl methyl sites for hydroxylation is 1. The first kappa shape index (κ1) is 19.3. The lowest BCUT2D eigenvalue weighted by Gasteiger charge is -2.08. The Labute approximate surface area is 150 Å². The second kappa shape index (κ2) is 8.41. The number of nitriles is 1. The van der Waals surface area contributed by atoms with Crippen molar-refractivity contribution in [3.8, 4) is 6.07 Å². The van der Waals surface area contributed by atoms with Crippen molar-refractivity contribution in [1.29, 1.82) is 5.26 Å². The van der Waals surface area contributed by atoms with Gasteiger partial charge in [-0.25, -0.2) is 8.78 Å². The van der Waals surface area contributed by atoms with Gasteiger partial charge in [-0.3, -0.25) is 4.79 Å². The summed E-state index contributed by atoms with van der Waals surface area (Å²) in [7, 11) is 1.61. The number of nitrogens with zero attached hydrogens (tertiary/aromatic N) is 2. The quantitative estimate of drug-likeness (QED) is 0.633. The fraction of sp³-hybridized carbons (Fsp3) is 0.263. The number of carbonyl (C=O) groups is 1. The smallest absolute Gasteiger partial charge is 0.266 e. The molecule has 0 aliphatic carbocycles. The van der Waals surface area contributed by atoms with Gasteiger partial charge in [-0.2, -0.15) is 5.26 Å². The number of benzene rings is 1. The summed E-state index contributed by atoms with van der Waals surface area (Å²) in [6.45, 7) is 4.98. The van der Waals surface area contributed by atoms with Crippen LogP contribution in [0.3, 0.4) is 0 Å². The van der Waals surface area contributed by atoms with Crippen molar-refractivity contribution >= 4 is 17.7 Å². The zero-order valence-electron chi connectivity index (χ0n) is 14.8. The number of aromatic nitrogens is 1. The molecule has 0 fully saturated rings. The van der Waals surface area contributed by atoms with E-state index in [-0.39, 0.29) is 11.3 Å². The van der Waals surface area contributed by atoms with Crippen LogP contribution in [0.1, 0.15) is 17.0 Å². The Morgan fingerprint density at radius 2 is 2.08 bits per heavy atom. The average molecular weight is 359 g/mol. The highest BCUT2D eigenvalue weighted by Gasteiger charge is 2.15. The van der Waals surface area contributed by atoms with Gasteiger partial charge in [0, 0.05) is 31.1 Å². The summed E-state index contributed by atoms with van der Waals surface area (Å²) in [5, 5.41) is 11.6. The van der Waals surface area contributed by atoms with E-state index in [0.717, 1.165) is 23.5 Å². The molecule has 0 bridgehead atoms. The number of rotatable bonds is 6. The van der Waals surface area contributed by atoms with Crippen LogP contribution >= 0.6 is 0 Å². The van der Waals surface area contributed by atoms with Crippen molar-refractivity contribution in [2.75, 3.05) is 19.0 Å². The fourth-order valence-electron chi connectivity index (χ4n) is 2.59. The Morgan fingerprint density at radius 3 is 2.69 bits per heavy atom. The third-order valence-electron chi connectivity index (χ3n) is 3.98. The maximum Gasteiger partial charge on any atom is 0.266 e. The van der Waals surface area contributed by atoms with E-state index < -0.39 is 17.5 Å². The summed E-state index contributed by atoms with van der Waals surface area (Å²) in [6, 6.07) is 6.47. The second-order valence-corrected chi connectivity index (χ2v) is 5.72. The Hall–Kier alpha value is -2.98. The van der Waals surface area contributed by atoms with Gasteiger partial charge in [0.1, 0.15) is 23.3 Å². The highest BCUT2D eigenvalue weighted by Crippen LogP contribution is 2.20. The Morgan fingerprint density at radius 1 is 1.35 bits per heavy atom. The predicted octanol–water partition coefficient (Wildman–Crippen LogP) is 3.58. The number of hydrogen-bond donors (Lipinski definition) is 1. The maximum atomic E-state index is 13.7. The lowest BCUT2D eigenvalue weighted by atomic mass is 10.1. The molecule has 1 N–H and O–H groups in total. The molecular weight excluding hydrogens is 340 g/mol. The fourth-order valence-corrected chi connectivity index (χ4v) is 2.59. The number of halogens is 2. The van der Waals surface area contributed by atoms with Crippen LogP contribution in [0.15, 0.2) is 29.8 Å². The summed E-state index contributed by atoms with van der Waals surface area (Å²) in [5.74, 6) is -2.42. The first-order valence-electron chi connectivity index (χ1n) is 7.91. The normalized spacial score (nSPS) is 11.3. The molecule has 0 atom stereocenters. The Balaban J connectivity index is 2.27. The molecule has 136 valence electrons. The number of amides is 1. The molecule has 2 aromatic rings. The molecule has 2 rings (SSSR count). The number of nitrogens with one attached hydrogen (secondary N) is 1. The standard InChI is InChI=1S/C19H19F2N3O2/c1-12-8-14(13(2)24(12)6-7-26-3)9-15(11-22)19(25)23-18-5-4-16(20)10-17(18)21/h4-5,8-10H,6-7H2,1-3H3,(H,23,25)/b15-9+. The molecule has 1 amide bonds. The predicted molar refractivity (Wildman–Crippen MR) is 94.4 cm³/mol. The number of ether oxygens (including phenoxy) is 1. The average Bonchev–Trinajstić information content (AvgIpc) is 2.86. The Kier molecular flexibility index (Phi) is 6.26. The van der Waals surface area contributed by atoms with Crippen molar-refractivity contribution in [3.63, 3.8) is 0 Å². The highest BCUT2D eigenvalue weighted by molar-refractivity contribution is 6.09. The van der Waals surface area contributed by atoms with Gasteiger partial charge in [0.2, 0.25) is 0 Å². The third kappa shape index (κ3) is 4.35. The number of methoxy groups -OCH3 is 1. The maximum absolute atomic E-state index is 13.7. The van der Waals surface area contributed by atoms with Gasteiger partial charge in [0.25, 0.3) is 5.91 Å². The van der Waals surface area contributed by atoms with Crippen LogP contribution < -0.4 is 5.32 Å². The second-order valence-electron chi connectivity index (χ2n) is 5.72. The van der Waals surface area contributed by atoms with Crippen LogP contribution in [0.25, 0.3) is 6.08 Å². The summed E-state index contributed by atoms with van der Waals surface area (Å²) in [6.07, 6.45) is 1.45. The van der Waals surface area contributed by atoms with Crippen LogP contribution in [0.2, 0.25) is 0 Å². The third-order valence-corrected chi connectivity index (χ3v) is 3.98. The molecule has 1 aromatic carbocycles. The molecule has 1 aromatic heterocycles. The van der Waals surface area contributed by atoms with E-state index in [9.17, 15) is 18.8 Å².